The number of rotatable bonds is 20. The normalized spacial score (nSPS) is 19.8. The molecule has 0 radical (unpaired) electrons. The number of carbonyl (C=O) groups is 1. The summed E-state index contributed by atoms with van der Waals surface area (Å²) >= 11 is 0. The number of fused-ring (bicyclic) bond motifs is 1. The number of nitrogens with zero attached hydrogens (tertiary/aromatic N) is 2. The van der Waals surface area contributed by atoms with E-state index in [1.807, 2.05) is 74.5 Å². The molecule has 0 aliphatic carbocycles. The number of hydrogen-bond acceptors (Lipinski definition) is 11. The molecule has 11 heteroatoms. The van der Waals surface area contributed by atoms with Gasteiger partial charge in [-0.1, -0.05) is 49.9 Å². The summed E-state index contributed by atoms with van der Waals surface area (Å²) in [5.41, 5.74) is 5.62. The van der Waals surface area contributed by atoms with Crippen molar-refractivity contribution in [2.24, 2.45) is 16.1 Å². The molecule has 2 saturated heterocycles. The van der Waals surface area contributed by atoms with Gasteiger partial charge < -0.3 is 23.8 Å². The number of carbonyl (C=O) groups excluding carboxylic acids is 1. The molecular weight excluding hydrogens is 652 g/mol. The van der Waals surface area contributed by atoms with Crippen LogP contribution in [0, 0.1) is 19.8 Å². The quantitative estimate of drug-likeness (QED) is 0.0302. The molecule has 3 aromatic carbocycles. The molecule has 3 aromatic rings. The highest BCUT2D eigenvalue weighted by Gasteiger charge is 2.47. The third-order valence-corrected chi connectivity index (χ3v) is 8.63. The first-order valence-electron chi connectivity index (χ1n) is 17.5. The molecule has 2 fully saturated rings. The van der Waals surface area contributed by atoms with Gasteiger partial charge in [0, 0.05) is 12.0 Å². The fourth-order valence-corrected chi connectivity index (χ4v) is 5.83. The van der Waals surface area contributed by atoms with Crippen LogP contribution in [0.1, 0.15) is 66.0 Å². The minimum absolute atomic E-state index is 0.0577. The van der Waals surface area contributed by atoms with E-state index in [1.54, 1.807) is 12.4 Å². The second kappa shape index (κ2) is 19.9. The molecule has 0 saturated carbocycles. The second-order valence-electron chi connectivity index (χ2n) is 12.8. The van der Waals surface area contributed by atoms with Gasteiger partial charge in [-0.3, -0.25) is 0 Å². The largest absolute Gasteiger partial charge is 0.494 e. The van der Waals surface area contributed by atoms with Crippen molar-refractivity contribution in [1.82, 2.24) is 0 Å². The van der Waals surface area contributed by atoms with E-state index >= 15 is 0 Å². The van der Waals surface area contributed by atoms with Gasteiger partial charge in [0.25, 0.3) is 0 Å². The lowest BCUT2D eigenvalue weighted by Gasteiger charge is -2.15. The molecule has 2 heterocycles. The van der Waals surface area contributed by atoms with Gasteiger partial charge in [0.15, 0.2) is 5.75 Å². The van der Waals surface area contributed by atoms with Crippen molar-refractivity contribution in [2.45, 2.75) is 78.0 Å². The smallest absolute Gasteiger partial charge is 0.330 e. The first-order chi connectivity index (χ1) is 24.9. The van der Waals surface area contributed by atoms with Gasteiger partial charge in [-0.2, -0.15) is 15.1 Å². The van der Waals surface area contributed by atoms with Crippen LogP contribution in [0.2, 0.25) is 0 Å². The van der Waals surface area contributed by atoms with Gasteiger partial charge in [0.2, 0.25) is 0 Å². The summed E-state index contributed by atoms with van der Waals surface area (Å²) < 4.78 is 22.4. The molecular formula is C40H48N2O9. The Morgan fingerprint density at radius 2 is 1.43 bits per heavy atom. The number of ether oxygens (including phenoxy) is 4. The molecule has 0 N–H and O–H groups in total. The first kappa shape index (κ1) is 37.9. The van der Waals surface area contributed by atoms with E-state index in [0.29, 0.717) is 51.3 Å². The summed E-state index contributed by atoms with van der Waals surface area (Å²) in [5.74, 6) is 1.48. The summed E-state index contributed by atoms with van der Waals surface area (Å²) in [6.45, 7) is 12.3. The predicted molar refractivity (Wildman–Crippen MR) is 193 cm³/mol. The standard InChI is InChI=1S/C40H48N2O9/c1-5-37(43)45-19-9-7-6-8-18-44-35-16-14-33(15-17-35)26-49-51-38-28(2)20-34(21-29(38)3)23-42-41-22-31-10-12-32(13-11-31)25-48-50-36-27-47-39-30(4)24-46-40(36)39/h5,10-17,20-23,30,36,39-40H,1,6-9,18-19,24-27H2,2-4H3/t30-,36+,39?,40?/m0/s1. The van der Waals surface area contributed by atoms with E-state index in [-0.39, 0.29) is 24.3 Å². The Kier molecular flexibility index (Phi) is 14.7. The third kappa shape index (κ3) is 11.8. The van der Waals surface area contributed by atoms with E-state index in [2.05, 4.69) is 23.7 Å². The van der Waals surface area contributed by atoms with Gasteiger partial charge in [-0.25, -0.2) is 14.6 Å². The molecule has 51 heavy (non-hydrogen) atoms. The van der Waals surface area contributed by atoms with Crippen molar-refractivity contribution in [3.05, 3.63) is 107 Å². The fraction of sp³-hybridized carbons (Fsp3) is 0.425. The van der Waals surface area contributed by atoms with Crippen LogP contribution < -0.4 is 9.62 Å². The van der Waals surface area contributed by atoms with E-state index in [4.69, 9.17) is 38.5 Å². The van der Waals surface area contributed by atoms with Gasteiger partial charge in [0.05, 0.1) is 45.0 Å². The Bertz CT molecular complexity index is 1580. The summed E-state index contributed by atoms with van der Waals surface area (Å²) in [6.07, 6.45) is 8.18. The molecule has 0 bridgehead atoms. The number of benzene rings is 3. The number of esters is 1. The van der Waals surface area contributed by atoms with Crippen LogP contribution in [0.25, 0.3) is 0 Å². The molecule has 0 spiro atoms. The number of hydrogen-bond donors (Lipinski definition) is 0. The molecule has 2 aliphatic rings. The topological polar surface area (TPSA) is 116 Å². The van der Waals surface area contributed by atoms with Crippen LogP contribution >= 0.6 is 0 Å². The van der Waals surface area contributed by atoms with Crippen molar-refractivity contribution in [1.29, 1.82) is 0 Å². The molecule has 272 valence electrons. The number of unbranched alkanes of at least 4 members (excludes halogenated alkanes) is 3. The van der Waals surface area contributed by atoms with Crippen LogP contribution in [0.4, 0.5) is 0 Å². The summed E-state index contributed by atoms with van der Waals surface area (Å²) in [4.78, 5) is 33.4. The molecule has 4 atom stereocenters. The van der Waals surface area contributed by atoms with E-state index in [0.717, 1.165) is 64.8 Å². The maximum atomic E-state index is 11.0. The van der Waals surface area contributed by atoms with Crippen molar-refractivity contribution in [3.8, 4) is 11.5 Å². The van der Waals surface area contributed by atoms with Gasteiger partial charge >= 0.3 is 5.97 Å². The molecule has 5 rings (SSSR count). The Balaban J connectivity index is 0.969. The lowest BCUT2D eigenvalue weighted by Crippen LogP contribution is -2.31. The lowest BCUT2D eigenvalue weighted by molar-refractivity contribution is -0.341. The van der Waals surface area contributed by atoms with Crippen LogP contribution in [0.15, 0.2) is 83.5 Å². The second-order valence-corrected chi connectivity index (χ2v) is 12.8. The van der Waals surface area contributed by atoms with Gasteiger partial charge in [0.1, 0.15) is 31.2 Å². The Morgan fingerprint density at radius 1 is 0.804 bits per heavy atom. The predicted octanol–water partition coefficient (Wildman–Crippen LogP) is 7.19. The Morgan fingerprint density at radius 3 is 2.14 bits per heavy atom. The molecule has 0 amide bonds. The van der Waals surface area contributed by atoms with Gasteiger partial charge in [-0.05, 0) is 97.2 Å². The average molecular weight is 701 g/mol. The molecule has 2 unspecified atom stereocenters. The zero-order chi connectivity index (χ0) is 35.8. The highest BCUT2D eigenvalue weighted by molar-refractivity contribution is 5.83. The minimum Gasteiger partial charge on any atom is -0.494 e. The first-order valence-corrected chi connectivity index (χ1v) is 17.5. The minimum atomic E-state index is -0.375. The van der Waals surface area contributed by atoms with Crippen molar-refractivity contribution < 1.29 is 43.3 Å². The summed E-state index contributed by atoms with van der Waals surface area (Å²) in [7, 11) is 0. The number of aryl methyl sites for hydroxylation is 2. The monoisotopic (exact) mass is 700 g/mol. The maximum Gasteiger partial charge on any atom is 0.330 e. The summed E-state index contributed by atoms with van der Waals surface area (Å²) in [6, 6.07) is 19.6. The van der Waals surface area contributed by atoms with Crippen LogP contribution in [0.5, 0.6) is 11.5 Å². The SMILES string of the molecule is C=CC(=O)OCCCCCCOc1ccc(COOc2c(C)cc(C=NN=Cc3ccc(COO[C@@H]4COC5C4OC[C@@H]5C)cc3)cc2C)cc1. The average Bonchev–Trinajstić information content (AvgIpc) is 3.72. The molecule has 11 nitrogen and oxygen atoms in total. The van der Waals surface area contributed by atoms with Crippen LogP contribution in [0.3, 0.4) is 0 Å². The molecule has 0 aromatic heterocycles. The van der Waals surface area contributed by atoms with Crippen LogP contribution in [-0.4, -0.2) is 63.1 Å². The maximum absolute atomic E-state index is 11.0. The van der Waals surface area contributed by atoms with Crippen molar-refractivity contribution >= 4 is 18.4 Å². The lowest BCUT2D eigenvalue weighted by atomic mass is 10.0. The van der Waals surface area contributed by atoms with E-state index < -0.39 is 0 Å². The van der Waals surface area contributed by atoms with Crippen molar-refractivity contribution in [2.75, 3.05) is 26.4 Å². The van der Waals surface area contributed by atoms with Gasteiger partial charge in [-0.15, -0.1) is 0 Å². The third-order valence-electron chi connectivity index (χ3n) is 8.63. The molecule has 2 aliphatic heterocycles. The zero-order valence-corrected chi connectivity index (χ0v) is 29.7. The Hall–Kier alpha value is -4.39. The highest BCUT2D eigenvalue weighted by atomic mass is 17.2. The van der Waals surface area contributed by atoms with Crippen molar-refractivity contribution in [3.63, 3.8) is 0 Å². The van der Waals surface area contributed by atoms with E-state index in [9.17, 15) is 4.79 Å². The Labute approximate surface area is 300 Å². The van der Waals surface area contributed by atoms with Crippen LogP contribution in [-0.2, 0) is 46.9 Å². The summed E-state index contributed by atoms with van der Waals surface area (Å²) in [5, 5.41) is 8.44. The highest BCUT2D eigenvalue weighted by Crippen LogP contribution is 2.32. The van der Waals surface area contributed by atoms with E-state index in [1.165, 1.54) is 6.08 Å². The fourth-order valence-electron chi connectivity index (χ4n) is 5.83. The zero-order valence-electron chi connectivity index (χ0n) is 29.7.